The summed E-state index contributed by atoms with van der Waals surface area (Å²) in [4.78, 5) is 0. The Hall–Kier alpha value is -2.00. The van der Waals surface area contributed by atoms with Gasteiger partial charge in [0.05, 0.1) is 17.8 Å². The summed E-state index contributed by atoms with van der Waals surface area (Å²) in [6.45, 7) is 0.803. The molecule has 0 unspecified atom stereocenters. The molecule has 3 nitrogen and oxygen atoms in total. The number of nitrogens with one attached hydrogen (secondary N) is 1. The average molecular weight is 281 g/mol. The monoisotopic (exact) mass is 281 g/mol. The highest BCUT2D eigenvalue weighted by Crippen LogP contribution is 2.51. The quantitative estimate of drug-likeness (QED) is 0.776. The van der Waals surface area contributed by atoms with Gasteiger partial charge in [-0.3, -0.25) is 0 Å². The largest absolute Gasteiger partial charge is 0.506 e. The number of benzene rings is 2. The molecule has 3 atom stereocenters. The molecule has 0 amide bonds. The first kappa shape index (κ1) is 12.7. The molecule has 4 rings (SSSR count). The lowest BCUT2D eigenvalue weighted by Crippen LogP contribution is -2.35. The third kappa shape index (κ3) is 2.09. The number of anilines is 1. The third-order valence-corrected chi connectivity index (χ3v) is 4.64. The van der Waals surface area contributed by atoms with Gasteiger partial charge in [-0.25, -0.2) is 0 Å². The molecule has 1 saturated heterocycles. The van der Waals surface area contributed by atoms with Crippen LogP contribution in [0.5, 0.6) is 5.75 Å². The molecule has 0 radical (unpaired) electrons. The summed E-state index contributed by atoms with van der Waals surface area (Å²) in [6, 6.07) is 16.3. The van der Waals surface area contributed by atoms with Crippen LogP contribution in [0.1, 0.15) is 36.1 Å². The summed E-state index contributed by atoms with van der Waals surface area (Å²) in [5, 5.41) is 13.7. The van der Waals surface area contributed by atoms with E-state index in [0.717, 1.165) is 30.7 Å². The molecule has 2 aromatic rings. The van der Waals surface area contributed by atoms with E-state index >= 15 is 0 Å². The van der Waals surface area contributed by atoms with Crippen LogP contribution < -0.4 is 5.32 Å². The van der Waals surface area contributed by atoms with E-state index in [0.29, 0.717) is 11.7 Å². The van der Waals surface area contributed by atoms with Crippen molar-refractivity contribution < 1.29 is 9.84 Å². The van der Waals surface area contributed by atoms with Crippen molar-refractivity contribution in [2.45, 2.75) is 25.0 Å². The molecule has 1 fully saturated rings. The molecule has 21 heavy (non-hydrogen) atoms. The number of phenols is 1. The molecule has 2 aromatic carbocycles. The van der Waals surface area contributed by atoms with Crippen LogP contribution in [0.3, 0.4) is 0 Å². The smallest absolute Gasteiger partial charge is 0.139 e. The summed E-state index contributed by atoms with van der Waals surface area (Å²) in [7, 11) is 0. The van der Waals surface area contributed by atoms with Crippen LogP contribution in [0.15, 0.2) is 48.5 Å². The first-order valence-corrected chi connectivity index (χ1v) is 7.59. The predicted octanol–water partition coefficient (Wildman–Crippen LogP) is 4.03. The molecule has 2 aliphatic heterocycles. The molecule has 0 aliphatic carbocycles. The fraction of sp³-hybridized carbons (Fsp3) is 0.333. The molecule has 2 aliphatic rings. The van der Waals surface area contributed by atoms with E-state index in [1.54, 1.807) is 6.07 Å². The number of phenolic OH excluding ortho intramolecular Hbond substituents is 1. The van der Waals surface area contributed by atoms with Crippen molar-refractivity contribution in [3.05, 3.63) is 59.7 Å². The number of aromatic hydroxyl groups is 1. The third-order valence-electron chi connectivity index (χ3n) is 4.64. The highest BCUT2D eigenvalue weighted by molar-refractivity contribution is 5.65. The summed E-state index contributed by atoms with van der Waals surface area (Å²) >= 11 is 0. The first-order valence-electron chi connectivity index (χ1n) is 7.59. The van der Waals surface area contributed by atoms with Gasteiger partial charge in [0.2, 0.25) is 0 Å². The van der Waals surface area contributed by atoms with Crippen LogP contribution >= 0.6 is 0 Å². The van der Waals surface area contributed by atoms with Crippen molar-refractivity contribution in [1.29, 1.82) is 0 Å². The van der Waals surface area contributed by atoms with Gasteiger partial charge in [0.25, 0.3) is 0 Å². The Labute approximate surface area is 124 Å². The maximum absolute atomic E-state index is 10.2. The number of ether oxygens (including phenoxy) is 1. The van der Waals surface area contributed by atoms with E-state index in [1.807, 2.05) is 12.1 Å². The second-order valence-electron chi connectivity index (χ2n) is 5.87. The Kier molecular flexibility index (Phi) is 3.08. The van der Waals surface area contributed by atoms with Gasteiger partial charge in [-0.05, 0) is 24.5 Å². The van der Waals surface area contributed by atoms with Gasteiger partial charge >= 0.3 is 0 Å². The van der Waals surface area contributed by atoms with Gasteiger partial charge in [-0.15, -0.1) is 0 Å². The Morgan fingerprint density at radius 2 is 1.90 bits per heavy atom. The van der Waals surface area contributed by atoms with Crippen LogP contribution in [-0.2, 0) is 4.74 Å². The highest BCUT2D eigenvalue weighted by atomic mass is 16.5. The first-order chi connectivity index (χ1) is 10.3. The van der Waals surface area contributed by atoms with Crippen LogP contribution in [-0.4, -0.2) is 11.7 Å². The molecule has 0 aromatic heterocycles. The second-order valence-corrected chi connectivity index (χ2v) is 5.87. The molecule has 108 valence electrons. The fourth-order valence-corrected chi connectivity index (χ4v) is 3.67. The Morgan fingerprint density at radius 1 is 1.05 bits per heavy atom. The van der Waals surface area contributed by atoms with Crippen molar-refractivity contribution in [2.24, 2.45) is 5.92 Å². The summed E-state index contributed by atoms with van der Waals surface area (Å²) in [5.74, 6) is 0.719. The van der Waals surface area contributed by atoms with Crippen molar-refractivity contribution in [1.82, 2.24) is 0 Å². The van der Waals surface area contributed by atoms with Crippen molar-refractivity contribution in [3.8, 4) is 5.75 Å². The summed E-state index contributed by atoms with van der Waals surface area (Å²) in [5.41, 5.74) is 3.17. The van der Waals surface area contributed by atoms with Crippen LogP contribution in [0.25, 0.3) is 0 Å². The maximum atomic E-state index is 10.2. The lowest BCUT2D eigenvalue weighted by molar-refractivity contribution is -0.0382. The van der Waals surface area contributed by atoms with Crippen molar-refractivity contribution >= 4 is 5.69 Å². The maximum Gasteiger partial charge on any atom is 0.139 e. The molecule has 3 heteroatoms. The Morgan fingerprint density at radius 3 is 2.76 bits per heavy atom. The SMILES string of the molecule is Oc1cccc2c1N[C@H](c1ccccc1)[C@@H]1CCCO[C@@H]21. The van der Waals surface area contributed by atoms with Crippen molar-refractivity contribution in [3.63, 3.8) is 0 Å². The molecule has 0 bridgehead atoms. The minimum atomic E-state index is 0.0762. The van der Waals surface area contributed by atoms with Gasteiger partial charge in [-0.2, -0.15) is 0 Å². The van der Waals surface area contributed by atoms with E-state index < -0.39 is 0 Å². The number of hydrogen-bond donors (Lipinski definition) is 2. The number of hydrogen-bond acceptors (Lipinski definition) is 3. The predicted molar refractivity (Wildman–Crippen MR) is 82.3 cm³/mol. The fourth-order valence-electron chi connectivity index (χ4n) is 3.67. The normalized spacial score (nSPS) is 27.3. The van der Waals surface area contributed by atoms with E-state index in [2.05, 4.69) is 35.6 Å². The molecule has 2 N–H and O–H groups in total. The van der Waals surface area contributed by atoms with Crippen LogP contribution in [0.2, 0.25) is 0 Å². The number of fused-ring (bicyclic) bond motifs is 3. The number of para-hydroxylation sites is 1. The topological polar surface area (TPSA) is 41.5 Å². The zero-order chi connectivity index (χ0) is 14.2. The minimum Gasteiger partial charge on any atom is -0.506 e. The van der Waals surface area contributed by atoms with Gasteiger partial charge < -0.3 is 15.2 Å². The molecule has 0 saturated carbocycles. The van der Waals surface area contributed by atoms with E-state index in [-0.39, 0.29) is 12.1 Å². The van der Waals surface area contributed by atoms with E-state index in [9.17, 15) is 5.11 Å². The lowest BCUT2D eigenvalue weighted by Gasteiger charge is -2.43. The minimum absolute atomic E-state index is 0.0762. The van der Waals surface area contributed by atoms with E-state index in [4.69, 9.17) is 4.74 Å². The van der Waals surface area contributed by atoms with Gasteiger partial charge in [0.15, 0.2) is 0 Å². The Bertz CT molecular complexity index is 641. The average Bonchev–Trinajstić information content (AvgIpc) is 2.55. The van der Waals surface area contributed by atoms with Gasteiger partial charge in [0, 0.05) is 18.1 Å². The Balaban J connectivity index is 1.81. The summed E-state index contributed by atoms with van der Waals surface area (Å²) in [6.07, 6.45) is 2.32. The van der Waals surface area contributed by atoms with Crippen molar-refractivity contribution in [2.75, 3.05) is 11.9 Å². The molecule has 0 spiro atoms. The van der Waals surface area contributed by atoms with Gasteiger partial charge in [0.1, 0.15) is 5.75 Å². The highest BCUT2D eigenvalue weighted by Gasteiger charge is 2.40. The zero-order valence-corrected chi connectivity index (χ0v) is 11.8. The van der Waals surface area contributed by atoms with Crippen LogP contribution in [0, 0.1) is 5.92 Å². The summed E-state index contributed by atoms with van der Waals surface area (Å²) < 4.78 is 6.06. The second kappa shape index (κ2) is 5.08. The molecule has 2 heterocycles. The molecular weight excluding hydrogens is 262 g/mol. The van der Waals surface area contributed by atoms with E-state index in [1.165, 1.54) is 5.56 Å². The van der Waals surface area contributed by atoms with Gasteiger partial charge in [-0.1, -0.05) is 42.5 Å². The standard InChI is InChI=1S/C18H19NO2/c20-15-10-4-8-14-17(15)19-16(12-6-2-1-3-7-12)13-9-5-11-21-18(13)14/h1-4,6-8,10,13,16,18-20H,5,9,11H2/t13-,16+,18+/m0/s1. The lowest BCUT2D eigenvalue weighted by atomic mass is 9.77. The molecular formula is C18H19NO2. The van der Waals surface area contributed by atoms with Crippen LogP contribution in [0.4, 0.5) is 5.69 Å². The zero-order valence-electron chi connectivity index (χ0n) is 11.8. The number of rotatable bonds is 1.